The number of hydrazine groups is 1. The van der Waals surface area contributed by atoms with Crippen LogP contribution >= 0.6 is 0 Å². The molecule has 0 amide bonds. The number of aromatic nitrogens is 3. The molecule has 0 saturated carbocycles. The molecule has 17 heavy (non-hydrogen) atoms. The van der Waals surface area contributed by atoms with Crippen molar-refractivity contribution in [2.75, 3.05) is 20.3 Å². The number of rotatable bonds is 6. The molecule has 1 heterocycles. The molecule has 0 fully saturated rings. The zero-order valence-corrected chi connectivity index (χ0v) is 10.2. The van der Waals surface area contributed by atoms with E-state index in [1.807, 2.05) is 11.5 Å². The summed E-state index contributed by atoms with van der Waals surface area (Å²) < 4.78 is 6.83. The normalized spacial score (nSPS) is 11.6. The number of aliphatic imine (C=N–C) groups is 1. The molecule has 0 aliphatic carbocycles. The minimum absolute atomic E-state index is 0.424. The van der Waals surface area contributed by atoms with Crippen molar-refractivity contribution < 1.29 is 4.74 Å². The van der Waals surface area contributed by atoms with E-state index in [4.69, 9.17) is 10.6 Å². The van der Waals surface area contributed by atoms with Gasteiger partial charge in [0.05, 0.1) is 6.61 Å². The van der Waals surface area contributed by atoms with Crippen LogP contribution < -0.4 is 16.6 Å². The molecule has 1 aromatic rings. The number of nitrogens with zero attached hydrogens (tertiary/aromatic N) is 4. The quantitative estimate of drug-likeness (QED) is 0.191. The highest BCUT2D eigenvalue weighted by Crippen LogP contribution is 1.96. The first-order valence-electron chi connectivity index (χ1n) is 5.42. The second kappa shape index (κ2) is 7.58. The summed E-state index contributed by atoms with van der Waals surface area (Å²) in [5, 5.41) is 10.8. The molecule has 0 bridgehead atoms. The maximum absolute atomic E-state index is 5.34. The van der Waals surface area contributed by atoms with E-state index in [1.54, 1.807) is 13.4 Å². The molecule has 8 heteroatoms. The van der Waals surface area contributed by atoms with Crippen LogP contribution in [0, 0.1) is 0 Å². The smallest absolute Gasteiger partial charge is 0.206 e. The Kier molecular flexibility index (Phi) is 5.97. The Hall–Kier alpha value is -1.67. The van der Waals surface area contributed by atoms with Crippen molar-refractivity contribution >= 4 is 5.96 Å². The molecule has 0 saturated heterocycles. The van der Waals surface area contributed by atoms with Gasteiger partial charge < -0.3 is 14.6 Å². The number of nitrogens with two attached hydrogens (primary N) is 1. The Morgan fingerprint density at radius 2 is 2.47 bits per heavy atom. The Labute approximate surface area is 100 Å². The van der Waals surface area contributed by atoms with Crippen molar-refractivity contribution in [3.05, 3.63) is 12.2 Å². The van der Waals surface area contributed by atoms with Crippen LogP contribution in [0.5, 0.6) is 0 Å². The zero-order valence-electron chi connectivity index (χ0n) is 10.2. The average molecular weight is 241 g/mol. The van der Waals surface area contributed by atoms with E-state index >= 15 is 0 Å². The molecule has 1 aromatic heterocycles. The average Bonchev–Trinajstić information content (AvgIpc) is 2.81. The molecular weight excluding hydrogens is 222 g/mol. The third-order valence-corrected chi connectivity index (χ3v) is 2.15. The predicted molar refractivity (Wildman–Crippen MR) is 64.0 cm³/mol. The first kappa shape index (κ1) is 13.4. The van der Waals surface area contributed by atoms with E-state index in [2.05, 4.69) is 25.9 Å². The molecule has 1 rings (SSSR count). The topological polar surface area (TPSA) is 102 Å². The zero-order chi connectivity index (χ0) is 12.5. The Bertz CT molecular complexity index is 349. The molecule has 0 radical (unpaired) electrons. The number of nitrogens with one attached hydrogen (secondary N) is 2. The summed E-state index contributed by atoms with van der Waals surface area (Å²) >= 11 is 0. The molecule has 0 aromatic carbocycles. The van der Waals surface area contributed by atoms with E-state index < -0.39 is 0 Å². The number of hydrogen-bond donors (Lipinski definition) is 3. The summed E-state index contributed by atoms with van der Waals surface area (Å²) in [7, 11) is 1.64. The molecule has 0 atom stereocenters. The third kappa shape index (κ3) is 4.37. The number of ether oxygens (including phenoxy) is 1. The van der Waals surface area contributed by atoms with Gasteiger partial charge in [-0.3, -0.25) is 5.43 Å². The molecule has 0 unspecified atom stereocenters. The molecule has 8 nitrogen and oxygen atoms in total. The SMILES string of the molecule is CCn1cnnc1CN=C(NN)NCCOC. The van der Waals surface area contributed by atoms with Crippen LogP contribution in [0.25, 0.3) is 0 Å². The fraction of sp³-hybridized carbons (Fsp3) is 0.667. The first-order chi connectivity index (χ1) is 8.31. The van der Waals surface area contributed by atoms with Crippen molar-refractivity contribution in [2.24, 2.45) is 10.8 Å². The lowest BCUT2D eigenvalue weighted by atomic mass is 10.5. The van der Waals surface area contributed by atoms with Crippen molar-refractivity contribution in [3.63, 3.8) is 0 Å². The van der Waals surface area contributed by atoms with Crippen molar-refractivity contribution in [3.8, 4) is 0 Å². The van der Waals surface area contributed by atoms with E-state index in [9.17, 15) is 0 Å². The van der Waals surface area contributed by atoms with Crippen LogP contribution in [-0.4, -0.2) is 41.0 Å². The van der Waals surface area contributed by atoms with E-state index in [-0.39, 0.29) is 0 Å². The Balaban J connectivity index is 2.49. The summed E-state index contributed by atoms with van der Waals surface area (Å²) in [6.07, 6.45) is 1.68. The Morgan fingerprint density at radius 3 is 3.12 bits per heavy atom. The van der Waals surface area contributed by atoms with Crippen molar-refractivity contribution in [2.45, 2.75) is 20.0 Å². The summed E-state index contributed by atoms with van der Waals surface area (Å²) in [6.45, 7) is 4.50. The highest BCUT2D eigenvalue weighted by molar-refractivity contribution is 5.79. The maximum Gasteiger partial charge on any atom is 0.206 e. The minimum atomic E-state index is 0.424. The second-order valence-corrected chi connectivity index (χ2v) is 3.26. The maximum atomic E-state index is 5.34. The van der Waals surface area contributed by atoms with Crippen LogP contribution in [0.1, 0.15) is 12.7 Å². The van der Waals surface area contributed by atoms with Gasteiger partial charge in [0.25, 0.3) is 0 Å². The van der Waals surface area contributed by atoms with Gasteiger partial charge in [0, 0.05) is 20.2 Å². The summed E-state index contributed by atoms with van der Waals surface area (Å²) in [4.78, 5) is 4.26. The van der Waals surface area contributed by atoms with E-state index in [0.717, 1.165) is 12.4 Å². The van der Waals surface area contributed by atoms with Crippen LogP contribution in [0.2, 0.25) is 0 Å². The van der Waals surface area contributed by atoms with Gasteiger partial charge in [-0.15, -0.1) is 10.2 Å². The fourth-order valence-corrected chi connectivity index (χ4v) is 1.24. The highest BCUT2D eigenvalue weighted by atomic mass is 16.5. The standard InChI is InChI=1S/C9H19N7O/c1-3-16-7-13-15-8(16)6-12-9(14-10)11-4-5-17-2/h7H,3-6,10H2,1-2H3,(H2,11,12,14). The van der Waals surface area contributed by atoms with Gasteiger partial charge in [0.2, 0.25) is 5.96 Å². The van der Waals surface area contributed by atoms with Crippen LogP contribution in [0.3, 0.4) is 0 Å². The monoisotopic (exact) mass is 241 g/mol. The lowest BCUT2D eigenvalue weighted by Crippen LogP contribution is -2.42. The second-order valence-electron chi connectivity index (χ2n) is 3.26. The molecule has 0 aliphatic rings. The van der Waals surface area contributed by atoms with Gasteiger partial charge in [-0.1, -0.05) is 0 Å². The van der Waals surface area contributed by atoms with Gasteiger partial charge in [-0.05, 0) is 6.92 Å². The van der Waals surface area contributed by atoms with Crippen LogP contribution in [0.15, 0.2) is 11.3 Å². The number of guanidine groups is 1. The summed E-state index contributed by atoms with van der Waals surface area (Å²) in [5.41, 5.74) is 2.49. The number of aryl methyl sites for hydroxylation is 1. The molecule has 0 spiro atoms. The van der Waals surface area contributed by atoms with Gasteiger partial charge in [0.15, 0.2) is 5.82 Å². The van der Waals surface area contributed by atoms with Gasteiger partial charge in [-0.25, -0.2) is 10.8 Å². The largest absolute Gasteiger partial charge is 0.383 e. The van der Waals surface area contributed by atoms with Crippen molar-refractivity contribution in [1.29, 1.82) is 0 Å². The summed E-state index contributed by atoms with van der Waals surface area (Å²) in [6, 6.07) is 0. The Morgan fingerprint density at radius 1 is 1.65 bits per heavy atom. The van der Waals surface area contributed by atoms with Crippen LogP contribution in [-0.2, 0) is 17.8 Å². The fourth-order valence-electron chi connectivity index (χ4n) is 1.24. The van der Waals surface area contributed by atoms with Crippen molar-refractivity contribution in [1.82, 2.24) is 25.5 Å². The lowest BCUT2D eigenvalue weighted by Gasteiger charge is -2.08. The van der Waals surface area contributed by atoms with Crippen LogP contribution in [0.4, 0.5) is 0 Å². The molecular formula is C9H19N7O. The first-order valence-corrected chi connectivity index (χ1v) is 5.42. The predicted octanol–water partition coefficient (Wildman–Crippen LogP) is -1.15. The minimum Gasteiger partial charge on any atom is -0.383 e. The number of hydrogen-bond acceptors (Lipinski definition) is 5. The molecule has 4 N–H and O–H groups in total. The van der Waals surface area contributed by atoms with E-state index in [0.29, 0.717) is 25.7 Å². The van der Waals surface area contributed by atoms with Gasteiger partial charge in [0.1, 0.15) is 12.9 Å². The van der Waals surface area contributed by atoms with Gasteiger partial charge in [-0.2, -0.15) is 0 Å². The number of methoxy groups -OCH3 is 1. The highest BCUT2D eigenvalue weighted by Gasteiger charge is 2.02. The van der Waals surface area contributed by atoms with E-state index in [1.165, 1.54) is 0 Å². The lowest BCUT2D eigenvalue weighted by molar-refractivity contribution is 0.203. The van der Waals surface area contributed by atoms with Gasteiger partial charge >= 0.3 is 0 Å². The molecule has 96 valence electrons. The third-order valence-electron chi connectivity index (χ3n) is 2.15. The molecule has 0 aliphatic heterocycles. The summed E-state index contributed by atoms with van der Waals surface area (Å²) in [5.74, 6) is 6.65.